The molecule has 0 saturated heterocycles. The molecule has 0 amide bonds. The Balaban J connectivity index is 2.11. The summed E-state index contributed by atoms with van der Waals surface area (Å²) >= 11 is 0. The number of aromatic nitrogens is 2. The molecule has 3 atom stereocenters. The third-order valence-corrected chi connectivity index (χ3v) is 3.22. The van der Waals surface area contributed by atoms with Crippen LogP contribution in [0.25, 0.3) is 0 Å². The van der Waals surface area contributed by atoms with Crippen LogP contribution >= 0.6 is 0 Å². The van der Waals surface area contributed by atoms with E-state index in [0.29, 0.717) is 17.9 Å². The minimum absolute atomic E-state index is 0.412. The lowest BCUT2D eigenvalue weighted by atomic mass is 9.66. The maximum atomic E-state index is 5.94. The lowest BCUT2D eigenvalue weighted by molar-refractivity contribution is 0.198. The van der Waals surface area contributed by atoms with Crippen LogP contribution in [0.3, 0.4) is 0 Å². The van der Waals surface area contributed by atoms with E-state index in [9.17, 15) is 0 Å². The van der Waals surface area contributed by atoms with Crippen molar-refractivity contribution < 1.29 is 0 Å². The summed E-state index contributed by atoms with van der Waals surface area (Å²) in [6.45, 7) is 2.22. The van der Waals surface area contributed by atoms with Crippen LogP contribution in [-0.2, 0) is 7.05 Å². The monoisotopic (exact) mass is 179 g/mol. The van der Waals surface area contributed by atoms with E-state index in [2.05, 4.69) is 18.2 Å². The molecule has 0 bridgehead atoms. The second kappa shape index (κ2) is 3.14. The number of nitrogens with two attached hydrogens (primary N) is 1. The van der Waals surface area contributed by atoms with Crippen LogP contribution in [0, 0.1) is 5.92 Å². The van der Waals surface area contributed by atoms with Crippen LogP contribution in [0.4, 0.5) is 0 Å². The van der Waals surface area contributed by atoms with Crippen molar-refractivity contribution in [3.63, 3.8) is 0 Å². The van der Waals surface area contributed by atoms with Crippen molar-refractivity contribution in [2.45, 2.75) is 31.7 Å². The molecule has 2 N–H and O–H groups in total. The number of rotatable bonds is 2. The third-order valence-electron chi connectivity index (χ3n) is 3.22. The van der Waals surface area contributed by atoms with Gasteiger partial charge in [0.15, 0.2) is 0 Å². The van der Waals surface area contributed by atoms with Crippen molar-refractivity contribution >= 4 is 0 Å². The topological polar surface area (TPSA) is 43.8 Å². The molecule has 0 spiro atoms. The summed E-state index contributed by atoms with van der Waals surface area (Å²) < 4.78 is 1.87. The van der Waals surface area contributed by atoms with E-state index in [-0.39, 0.29) is 0 Å². The molecule has 3 heteroatoms. The molecule has 2 rings (SSSR count). The van der Waals surface area contributed by atoms with Crippen LogP contribution in [0.1, 0.15) is 31.2 Å². The van der Waals surface area contributed by atoms with Crippen molar-refractivity contribution in [2.24, 2.45) is 18.7 Å². The van der Waals surface area contributed by atoms with Crippen LogP contribution in [0.5, 0.6) is 0 Å². The maximum absolute atomic E-state index is 5.94. The molecule has 0 aromatic carbocycles. The van der Waals surface area contributed by atoms with Crippen LogP contribution in [0.15, 0.2) is 12.4 Å². The van der Waals surface area contributed by atoms with Gasteiger partial charge < -0.3 is 5.73 Å². The summed E-state index contributed by atoms with van der Waals surface area (Å²) in [5.74, 6) is 1.33. The van der Waals surface area contributed by atoms with E-state index in [4.69, 9.17) is 5.73 Å². The van der Waals surface area contributed by atoms with Gasteiger partial charge in [-0.25, -0.2) is 0 Å². The van der Waals surface area contributed by atoms with Gasteiger partial charge in [0.25, 0.3) is 0 Å². The van der Waals surface area contributed by atoms with Gasteiger partial charge in [0.2, 0.25) is 0 Å². The Labute approximate surface area is 78.9 Å². The zero-order valence-corrected chi connectivity index (χ0v) is 8.27. The van der Waals surface area contributed by atoms with Gasteiger partial charge in [-0.05, 0) is 23.8 Å². The number of nitrogens with zero attached hydrogens (tertiary/aromatic N) is 2. The maximum Gasteiger partial charge on any atom is 0.0524 e. The first-order valence-corrected chi connectivity index (χ1v) is 4.96. The SMILES string of the molecule is CCC1C(N)CC1c1cnn(C)c1. The lowest BCUT2D eigenvalue weighted by Crippen LogP contribution is -2.45. The van der Waals surface area contributed by atoms with Crippen molar-refractivity contribution in [1.29, 1.82) is 0 Å². The van der Waals surface area contributed by atoms with Gasteiger partial charge in [0.05, 0.1) is 6.20 Å². The van der Waals surface area contributed by atoms with E-state index in [0.717, 1.165) is 6.42 Å². The highest BCUT2D eigenvalue weighted by Gasteiger charge is 2.38. The van der Waals surface area contributed by atoms with Gasteiger partial charge in [0.1, 0.15) is 0 Å². The fraction of sp³-hybridized carbons (Fsp3) is 0.700. The predicted octanol–water partition coefficient (Wildman–Crippen LogP) is 1.26. The second-order valence-corrected chi connectivity index (χ2v) is 4.03. The molecule has 3 nitrogen and oxygen atoms in total. The number of aryl methyl sites for hydroxylation is 1. The Kier molecular flexibility index (Phi) is 2.12. The molecule has 13 heavy (non-hydrogen) atoms. The second-order valence-electron chi connectivity index (χ2n) is 4.03. The van der Waals surface area contributed by atoms with E-state index >= 15 is 0 Å². The summed E-state index contributed by atoms with van der Waals surface area (Å²) in [5, 5.41) is 4.19. The van der Waals surface area contributed by atoms with E-state index < -0.39 is 0 Å². The first kappa shape index (κ1) is 8.75. The Morgan fingerprint density at radius 1 is 1.69 bits per heavy atom. The average Bonchev–Trinajstić information content (AvgIpc) is 2.48. The minimum atomic E-state index is 0.412. The summed E-state index contributed by atoms with van der Waals surface area (Å²) in [5.41, 5.74) is 7.30. The van der Waals surface area contributed by atoms with Crippen LogP contribution in [-0.4, -0.2) is 15.8 Å². The third kappa shape index (κ3) is 1.37. The Bertz CT molecular complexity index is 292. The predicted molar refractivity (Wildman–Crippen MR) is 52.3 cm³/mol. The molecule has 1 aromatic rings. The van der Waals surface area contributed by atoms with E-state index in [1.165, 1.54) is 12.0 Å². The Morgan fingerprint density at radius 2 is 2.46 bits per heavy atom. The molecule has 72 valence electrons. The standard InChI is InChI=1S/C10H17N3/c1-3-8-9(4-10(8)11)7-5-12-13(2)6-7/h5-6,8-10H,3-4,11H2,1-2H3. The minimum Gasteiger partial charge on any atom is -0.327 e. The fourth-order valence-corrected chi connectivity index (χ4v) is 2.35. The number of hydrogen-bond acceptors (Lipinski definition) is 2. The molecule has 0 aliphatic heterocycles. The summed E-state index contributed by atoms with van der Waals surface area (Å²) in [7, 11) is 1.96. The first-order chi connectivity index (χ1) is 6.22. The molecule has 1 saturated carbocycles. The van der Waals surface area contributed by atoms with Crippen molar-refractivity contribution in [1.82, 2.24) is 9.78 Å². The van der Waals surface area contributed by atoms with Gasteiger partial charge in [-0.3, -0.25) is 4.68 Å². The largest absolute Gasteiger partial charge is 0.327 e. The van der Waals surface area contributed by atoms with E-state index in [1.807, 2.05) is 17.9 Å². The molecule has 0 radical (unpaired) electrons. The van der Waals surface area contributed by atoms with E-state index in [1.54, 1.807) is 0 Å². The summed E-state index contributed by atoms with van der Waals surface area (Å²) in [6.07, 6.45) is 6.39. The normalized spacial score (nSPS) is 33.0. The smallest absolute Gasteiger partial charge is 0.0524 e. The highest BCUT2D eigenvalue weighted by Crippen LogP contribution is 2.43. The van der Waals surface area contributed by atoms with Gasteiger partial charge in [0, 0.05) is 19.3 Å². The zero-order chi connectivity index (χ0) is 9.42. The van der Waals surface area contributed by atoms with Gasteiger partial charge >= 0.3 is 0 Å². The quantitative estimate of drug-likeness (QED) is 0.742. The number of hydrogen-bond donors (Lipinski definition) is 1. The molecule has 1 fully saturated rings. The van der Waals surface area contributed by atoms with Gasteiger partial charge in [-0.2, -0.15) is 5.10 Å². The summed E-state index contributed by atoms with van der Waals surface area (Å²) in [4.78, 5) is 0. The molecule has 3 unspecified atom stereocenters. The van der Waals surface area contributed by atoms with Crippen molar-refractivity contribution in [3.05, 3.63) is 18.0 Å². The highest BCUT2D eigenvalue weighted by molar-refractivity contribution is 5.18. The van der Waals surface area contributed by atoms with Crippen molar-refractivity contribution in [3.8, 4) is 0 Å². The van der Waals surface area contributed by atoms with Gasteiger partial charge in [-0.15, -0.1) is 0 Å². The Hall–Kier alpha value is -0.830. The lowest BCUT2D eigenvalue weighted by Gasteiger charge is -2.42. The molecule has 1 aliphatic rings. The van der Waals surface area contributed by atoms with Crippen LogP contribution < -0.4 is 5.73 Å². The molecular formula is C10H17N3. The first-order valence-electron chi connectivity index (χ1n) is 4.96. The molecule has 1 aromatic heterocycles. The Morgan fingerprint density at radius 3 is 2.92 bits per heavy atom. The molecular weight excluding hydrogens is 162 g/mol. The molecule has 1 aliphatic carbocycles. The highest BCUT2D eigenvalue weighted by atomic mass is 15.2. The average molecular weight is 179 g/mol. The zero-order valence-electron chi connectivity index (χ0n) is 8.27. The van der Waals surface area contributed by atoms with Crippen molar-refractivity contribution in [2.75, 3.05) is 0 Å². The summed E-state index contributed by atoms with van der Waals surface area (Å²) in [6, 6.07) is 0.412. The van der Waals surface area contributed by atoms with Crippen LogP contribution in [0.2, 0.25) is 0 Å². The molecule has 1 heterocycles. The fourth-order valence-electron chi connectivity index (χ4n) is 2.35. The van der Waals surface area contributed by atoms with Gasteiger partial charge in [-0.1, -0.05) is 13.3 Å².